The summed E-state index contributed by atoms with van der Waals surface area (Å²) >= 11 is 3.44. The molecule has 0 N–H and O–H groups in total. The maximum Gasteiger partial charge on any atom is 0.258 e. The van der Waals surface area contributed by atoms with E-state index in [0.29, 0.717) is 17.4 Å². The number of benzene rings is 1. The van der Waals surface area contributed by atoms with E-state index in [-0.39, 0.29) is 0 Å². The topological polar surface area (TPSA) is 51.8 Å². The summed E-state index contributed by atoms with van der Waals surface area (Å²) in [5.41, 5.74) is 2.70. The van der Waals surface area contributed by atoms with Gasteiger partial charge in [-0.1, -0.05) is 33.2 Å². The third kappa shape index (κ3) is 2.42. The quantitative estimate of drug-likeness (QED) is 0.720. The first-order chi connectivity index (χ1) is 9.24. The normalized spacial score (nSPS) is 10.6. The Bertz CT molecular complexity index is 710. The number of aromatic nitrogens is 3. The van der Waals surface area contributed by atoms with Crippen LogP contribution >= 0.6 is 15.9 Å². The van der Waals surface area contributed by atoms with E-state index in [0.717, 1.165) is 15.6 Å². The minimum absolute atomic E-state index is 0.495. The highest BCUT2D eigenvalue weighted by molar-refractivity contribution is 9.10. The summed E-state index contributed by atoms with van der Waals surface area (Å²) in [6, 6.07) is 11.5. The van der Waals surface area contributed by atoms with Crippen LogP contribution in [0.3, 0.4) is 0 Å². The van der Waals surface area contributed by atoms with E-state index < -0.39 is 0 Å². The highest BCUT2D eigenvalue weighted by Crippen LogP contribution is 2.26. The van der Waals surface area contributed by atoms with E-state index in [2.05, 4.69) is 31.1 Å². The average Bonchev–Trinajstić information content (AvgIpc) is 2.92. The van der Waals surface area contributed by atoms with Crippen LogP contribution in [0.2, 0.25) is 0 Å². The minimum atomic E-state index is 0.495. The van der Waals surface area contributed by atoms with Gasteiger partial charge in [-0.2, -0.15) is 4.98 Å². The van der Waals surface area contributed by atoms with Crippen LogP contribution in [-0.4, -0.2) is 15.1 Å². The smallest absolute Gasteiger partial charge is 0.258 e. The summed E-state index contributed by atoms with van der Waals surface area (Å²) in [5, 5.41) is 3.97. The first-order valence-corrected chi connectivity index (χ1v) is 6.55. The van der Waals surface area contributed by atoms with Crippen molar-refractivity contribution < 1.29 is 4.52 Å². The van der Waals surface area contributed by atoms with Crippen LogP contribution in [0.25, 0.3) is 23.0 Å². The SMILES string of the molecule is Cc1ccc(Br)cc1-c1nc(-c2ccccn2)no1. The molecule has 0 radical (unpaired) electrons. The number of rotatable bonds is 2. The predicted octanol–water partition coefficient (Wildman–Crippen LogP) is 3.87. The highest BCUT2D eigenvalue weighted by atomic mass is 79.9. The zero-order chi connectivity index (χ0) is 13.2. The zero-order valence-corrected chi connectivity index (χ0v) is 11.8. The van der Waals surface area contributed by atoms with Crippen molar-refractivity contribution in [1.29, 1.82) is 0 Å². The Morgan fingerprint density at radius 3 is 2.84 bits per heavy atom. The van der Waals surface area contributed by atoms with Crippen molar-refractivity contribution in [2.75, 3.05) is 0 Å². The summed E-state index contributed by atoms with van der Waals surface area (Å²) < 4.78 is 6.30. The Morgan fingerprint density at radius 2 is 2.05 bits per heavy atom. The Hall–Kier alpha value is -2.01. The number of hydrogen-bond donors (Lipinski definition) is 0. The van der Waals surface area contributed by atoms with Crippen LogP contribution in [0.5, 0.6) is 0 Å². The van der Waals surface area contributed by atoms with E-state index in [1.165, 1.54) is 0 Å². The lowest BCUT2D eigenvalue weighted by molar-refractivity contribution is 0.432. The second-order valence-corrected chi connectivity index (χ2v) is 5.01. The minimum Gasteiger partial charge on any atom is -0.334 e. The van der Waals surface area contributed by atoms with Gasteiger partial charge in [-0.3, -0.25) is 4.98 Å². The summed E-state index contributed by atoms with van der Waals surface area (Å²) in [6.07, 6.45) is 1.70. The molecule has 0 spiro atoms. The Balaban J connectivity index is 2.04. The first kappa shape index (κ1) is 12.0. The summed E-state index contributed by atoms with van der Waals surface area (Å²) in [6.45, 7) is 2.01. The van der Waals surface area contributed by atoms with Gasteiger partial charge in [-0.05, 0) is 36.8 Å². The first-order valence-electron chi connectivity index (χ1n) is 5.76. The van der Waals surface area contributed by atoms with E-state index in [4.69, 9.17) is 4.52 Å². The standard InChI is InChI=1S/C14H10BrN3O/c1-9-5-6-10(15)8-11(9)14-17-13(18-19-14)12-4-2-3-7-16-12/h2-8H,1H3. The molecular formula is C14H10BrN3O. The Labute approximate surface area is 118 Å². The van der Waals surface area contributed by atoms with Gasteiger partial charge in [0.15, 0.2) is 0 Å². The molecule has 19 heavy (non-hydrogen) atoms. The molecule has 0 aliphatic rings. The number of hydrogen-bond acceptors (Lipinski definition) is 4. The van der Waals surface area contributed by atoms with Crippen molar-refractivity contribution >= 4 is 15.9 Å². The van der Waals surface area contributed by atoms with Crippen LogP contribution in [0.4, 0.5) is 0 Å². The fraction of sp³-hybridized carbons (Fsp3) is 0.0714. The molecule has 1 aromatic carbocycles. The third-order valence-corrected chi connectivity index (χ3v) is 3.24. The second-order valence-electron chi connectivity index (χ2n) is 4.10. The lowest BCUT2D eigenvalue weighted by atomic mass is 10.1. The monoisotopic (exact) mass is 315 g/mol. The van der Waals surface area contributed by atoms with Crippen molar-refractivity contribution in [3.63, 3.8) is 0 Å². The maximum atomic E-state index is 5.32. The molecule has 0 unspecified atom stereocenters. The largest absolute Gasteiger partial charge is 0.334 e. The highest BCUT2D eigenvalue weighted by Gasteiger charge is 2.13. The number of nitrogens with zero attached hydrogens (tertiary/aromatic N) is 3. The third-order valence-electron chi connectivity index (χ3n) is 2.75. The lowest BCUT2D eigenvalue weighted by Crippen LogP contribution is -1.86. The van der Waals surface area contributed by atoms with E-state index in [9.17, 15) is 0 Å². The number of aryl methyl sites for hydroxylation is 1. The molecule has 0 saturated heterocycles. The van der Waals surface area contributed by atoms with Crippen LogP contribution < -0.4 is 0 Å². The van der Waals surface area contributed by atoms with E-state index in [1.807, 2.05) is 43.3 Å². The molecule has 5 heteroatoms. The van der Waals surface area contributed by atoms with E-state index >= 15 is 0 Å². The molecular weight excluding hydrogens is 306 g/mol. The van der Waals surface area contributed by atoms with Crippen molar-refractivity contribution in [2.24, 2.45) is 0 Å². The number of pyridine rings is 1. The van der Waals surface area contributed by atoms with Crippen LogP contribution in [-0.2, 0) is 0 Å². The molecule has 0 saturated carbocycles. The molecule has 0 fully saturated rings. The van der Waals surface area contributed by atoms with Crippen molar-refractivity contribution in [3.8, 4) is 23.0 Å². The molecule has 94 valence electrons. The molecule has 4 nitrogen and oxygen atoms in total. The van der Waals surface area contributed by atoms with Gasteiger partial charge in [0, 0.05) is 16.2 Å². The summed E-state index contributed by atoms with van der Waals surface area (Å²) in [5.74, 6) is 0.995. The predicted molar refractivity (Wildman–Crippen MR) is 75.4 cm³/mol. The van der Waals surface area contributed by atoms with Gasteiger partial charge in [-0.25, -0.2) is 0 Å². The van der Waals surface area contributed by atoms with Gasteiger partial charge in [0.25, 0.3) is 5.89 Å². The van der Waals surface area contributed by atoms with Gasteiger partial charge >= 0.3 is 0 Å². The van der Waals surface area contributed by atoms with Gasteiger partial charge in [0.05, 0.1) is 0 Å². The molecule has 3 aromatic rings. The average molecular weight is 316 g/mol. The molecule has 2 aromatic heterocycles. The van der Waals surface area contributed by atoms with E-state index in [1.54, 1.807) is 6.20 Å². The summed E-state index contributed by atoms with van der Waals surface area (Å²) in [4.78, 5) is 8.59. The van der Waals surface area contributed by atoms with Crippen molar-refractivity contribution in [3.05, 3.63) is 52.6 Å². The fourth-order valence-corrected chi connectivity index (χ4v) is 2.12. The van der Waals surface area contributed by atoms with Crippen molar-refractivity contribution in [1.82, 2.24) is 15.1 Å². The molecule has 0 bridgehead atoms. The van der Waals surface area contributed by atoms with Crippen LogP contribution in [0, 0.1) is 6.92 Å². The maximum absolute atomic E-state index is 5.32. The number of halogens is 1. The molecule has 2 heterocycles. The Kier molecular flexibility index (Phi) is 3.13. The van der Waals surface area contributed by atoms with Gasteiger partial charge in [0.1, 0.15) is 5.69 Å². The molecule has 3 rings (SSSR count). The lowest BCUT2D eigenvalue weighted by Gasteiger charge is -2.00. The molecule has 0 aliphatic carbocycles. The van der Waals surface area contributed by atoms with Crippen LogP contribution in [0.1, 0.15) is 5.56 Å². The zero-order valence-electron chi connectivity index (χ0n) is 10.2. The van der Waals surface area contributed by atoms with Gasteiger partial charge in [0.2, 0.25) is 5.82 Å². The van der Waals surface area contributed by atoms with Crippen molar-refractivity contribution in [2.45, 2.75) is 6.92 Å². The molecule has 0 aliphatic heterocycles. The summed E-state index contributed by atoms with van der Waals surface area (Å²) in [7, 11) is 0. The van der Waals surface area contributed by atoms with Gasteiger partial charge in [-0.15, -0.1) is 0 Å². The van der Waals surface area contributed by atoms with Gasteiger partial charge < -0.3 is 4.52 Å². The van der Waals surface area contributed by atoms with Crippen LogP contribution in [0.15, 0.2) is 51.6 Å². The Morgan fingerprint density at radius 1 is 1.16 bits per heavy atom. The fourth-order valence-electron chi connectivity index (χ4n) is 1.76. The molecule has 0 amide bonds. The molecule has 0 atom stereocenters. The second kappa shape index (κ2) is 4.93.